The molecular formula is C24H33N3O4. The van der Waals surface area contributed by atoms with Gasteiger partial charge in [0.05, 0.1) is 0 Å². The summed E-state index contributed by atoms with van der Waals surface area (Å²) in [6, 6.07) is 6.79. The number of rotatable bonds is 6. The molecule has 0 atom stereocenters. The number of nitrogens with zero attached hydrogens (tertiary/aromatic N) is 2. The molecule has 1 N–H and O–H groups in total. The molecule has 1 aliphatic heterocycles. The quantitative estimate of drug-likeness (QED) is 0.714. The van der Waals surface area contributed by atoms with Gasteiger partial charge in [-0.2, -0.15) is 0 Å². The minimum absolute atomic E-state index is 0.0552. The molecule has 1 aromatic carbocycles. The summed E-state index contributed by atoms with van der Waals surface area (Å²) < 4.78 is 11.0. The predicted octanol–water partition coefficient (Wildman–Crippen LogP) is 2.55. The zero-order valence-electron chi connectivity index (χ0n) is 18.6. The number of carbonyl (C=O) groups is 1. The topological polar surface area (TPSA) is 75.0 Å². The normalized spacial score (nSPS) is 19.9. The molecular weight excluding hydrogens is 394 g/mol. The van der Waals surface area contributed by atoms with Gasteiger partial charge in [0.1, 0.15) is 11.3 Å². The molecule has 0 unspecified atom stereocenters. The van der Waals surface area contributed by atoms with E-state index in [0.717, 1.165) is 50.0 Å². The van der Waals surface area contributed by atoms with E-state index in [1.165, 1.54) is 25.3 Å². The second-order valence-electron chi connectivity index (χ2n) is 9.05. The van der Waals surface area contributed by atoms with Gasteiger partial charge in [0.2, 0.25) is 0 Å². The Hall–Kier alpha value is -2.38. The predicted molar refractivity (Wildman–Crippen MR) is 121 cm³/mol. The molecule has 2 heterocycles. The summed E-state index contributed by atoms with van der Waals surface area (Å²) in [5.41, 5.74) is 1.01. The van der Waals surface area contributed by atoms with Gasteiger partial charge in [0.25, 0.3) is 5.91 Å². The first-order chi connectivity index (χ1) is 14.9. The highest BCUT2D eigenvalue weighted by Gasteiger charge is 2.39. The van der Waals surface area contributed by atoms with Crippen LogP contribution >= 0.6 is 0 Å². The van der Waals surface area contributed by atoms with Crippen LogP contribution in [0.4, 0.5) is 0 Å². The largest absolute Gasteiger partial charge is 0.484 e. The van der Waals surface area contributed by atoms with Crippen molar-refractivity contribution in [3.63, 3.8) is 0 Å². The van der Waals surface area contributed by atoms with Gasteiger partial charge in [-0.15, -0.1) is 0 Å². The summed E-state index contributed by atoms with van der Waals surface area (Å²) in [7, 11) is 2.17. The van der Waals surface area contributed by atoms with Crippen molar-refractivity contribution in [1.29, 1.82) is 0 Å². The molecule has 2 fully saturated rings. The summed E-state index contributed by atoms with van der Waals surface area (Å²) >= 11 is 0. The number of piperazine rings is 1. The van der Waals surface area contributed by atoms with Gasteiger partial charge in [-0.1, -0.05) is 19.3 Å². The SMILES string of the molecule is Cc1cc(=O)oc2cc(OCC(=O)NCC3(N4CCN(C)CC4)CCCCC3)ccc12. The maximum absolute atomic E-state index is 12.6. The maximum atomic E-state index is 12.6. The van der Waals surface area contributed by atoms with Gasteiger partial charge < -0.3 is 19.4 Å². The molecule has 0 spiro atoms. The Balaban J connectivity index is 1.35. The molecule has 1 aromatic heterocycles. The average Bonchev–Trinajstić information content (AvgIpc) is 2.77. The molecule has 1 saturated heterocycles. The summed E-state index contributed by atoms with van der Waals surface area (Å²) in [5.74, 6) is 0.396. The molecule has 0 radical (unpaired) electrons. The molecule has 2 aliphatic rings. The number of nitrogens with one attached hydrogen (secondary N) is 1. The highest BCUT2D eigenvalue weighted by atomic mass is 16.5. The second-order valence-corrected chi connectivity index (χ2v) is 9.05. The second kappa shape index (κ2) is 9.40. The minimum Gasteiger partial charge on any atom is -0.484 e. The van der Waals surface area contributed by atoms with E-state index >= 15 is 0 Å². The van der Waals surface area contributed by atoms with Crippen molar-refractivity contribution in [1.82, 2.24) is 15.1 Å². The van der Waals surface area contributed by atoms with E-state index in [-0.39, 0.29) is 23.7 Å². The first-order valence-corrected chi connectivity index (χ1v) is 11.3. The number of hydrogen-bond donors (Lipinski definition) is 1. The highest BCUT2D eigenvalue weighted by Crippen LogP contribution is 2.34. The zero-order chi connectivity index (χ0) is 21.8. The third-order valence-corrected chi connectivity index (χ3v) is 6.87. The summed E-state index contributed by atoms with van der Waals surface area (Å²) in [4.78, 5) is 29.2. The van der Waals surface area contributed by atoms with Crippen molar-refractivity contribution >= 4 is 16.9 Å². The van der Waals surface area contributed by atoms with Gasteiger partial charge in [0.15, 0.2) is 6.61 Å². The van der Waals surface area contributed by atoms with E-state index < -0.39 is 0 Å². The highest BCUT2D eigenvalue weighted by molar-refractivity contribution is 5.81. The summed E-state index contributed by atoms with van der Waals surface area (Å²) in [5, 5.41) is 4.00. The van der Waals surface area contributed by atoms with Crippen LogP contribution in [0, 0.1) is 6.92 Å². The number of ether oxygens (including phenoxy) is 1. The summed E-state index contributed by atoms with van der Waals surface area (Å²) in [6.45, 7) is 6.77. The van der Waals surface area contributed by atoms with Gasteiger partial charge in [-0.25, -0.2) is 4.79 Å². The Labute approximate surface area is 183 Å². The van der Waals surface area contributed by atoms with Crippen molar-refractivity contribution in [3.05, 3.63) is 40.2 Å². The summed E-state index contributed by atoms with van der Waals surface area (Å²) in [6.07, 6.45) is 6.01. The van der Waals surface area contributed by atoms with E-state index in [4.69, 9.17) is 9.15 Å². The molecule has 2 aromatic rings. The van der Waals surface area contributed by atoms with E-state index in [1.807, 2.05) is 13.0 Å². The fourth-order valence-electron chi connectivity index (χ4n) is 4.95. The Morgan fingerprint density at radius 1 is 1.13 bits per heavy atom. The number of amides is 1. The molecule has 7 nitrogen and oxygen atoms in total. The fraction of sp³-hybridized carbons (Fsp3) is 0.583. The lowest BCUT2D eigenvalue weighted by Crippen LogP contribution is -2.61. The van der Waals surface area contributed by atoms with Crippen molar-refractivity contribution in [2.45, 2.75) is 44.6 Å². The molecule has 1 aliphatic carbocycles. The van der Waals surface area contributed by atoms with E-state index in [1.54, 1.807) is 12.1 Å². The average molecular weight is 428 g/mol. The lowest BCUT2D eigenvalue weighted by Gasteiger charge is -2.49. The van der Waals surface area contributed by atoms with Crippen molar-refractivity contribution < 1.29 is 13.9 Å². The lowest BCUT2D eigenvalue weighted by atomic mass is 9.79. The zero-order valence-corrected chi connectivity index (χ0v) is 18.6. The first kappa shape index (κ1) is 21.8. The van der Waals surface area contributed by atoms with Crippen LogP contribution in [0.15, 0.2) is 33.5 Å². The monoisotopic (exact) mass is 427 g/mol. The first-order valence-electron chi connectivity index (χ1n) is 11.3. The Bertz CT molecular complexity index is 972. The molecule has 168 valence electrons. The van der Waals surface area contributed by atoms with Crippen molar-refractivity contribution in [3.8, 4) is 5.75 Å². The van der Waals surface area contributed by atoms with Crippen molar-refractivity contribution in [2.24, 2.45) is 0 Å². The number of carbonyl (C=O) groups excluding carboxylic acids is 1. The molecule has 4 rings (SSSR count). The van der Waals surface area contributed by atoms with Crippen LogP contribution in [-0.2, 0) is 4.79 Å². The van der Waals surface area contributed by atoms with Gasteiger partial charge in [0, 0.05) is 55.8 Å². The number of fused-ring (bicyclic) bond motifs is 1. The van der Waals surface area contributed by atoms with Crippen LogP contribution in [0.25, 0.3) is 11.0 Å². The van der Waals surface area contributed by atoms with Crippen LogP contribution in [0.1, 0.15) is 37.7 Å². The molecule has 7 heteroatoms. The van der Waals surface area contributed by atoms with Crippen LogP contribution in [0.3, 0.4) is 0 Å². The van der Waals surface area contributed by atoms with Crippen molar-refractivity contribution in [2.75, 3.05) is 46.4 Å². The number of benzene rings is 1. The smallest absolute Gasteiger partial charge is 0.336 e. The number of aryl methyl sites for hydroxylation is 1. The van der Waals surface area contributed by atoms with E-state index in [9.17, 15) is 9.59 Å². The third-order valence-electron chi connectivity index (χ3n) is 6.87. The third kappa shape index (κ3) is 5.10. The van der Waals surface area contributed by atoms with E-state index in [2.05, 4.69) is 22.2 Å². The Kier molecular flexibility index (Phi) is 6.62. The molecule has 31 heavy (non-hydrogen) atoms. The fourth-order valence-corrected chi connectivity index (χ4v) is 4.95. The van der Waals surface area contributed by atoms with Gasteiger partial charge >= 0.3 is 5.63 Å². The minimum atomic E-state index is -0.387. The maximum Gasteiger partial charge on any atom is 0.336 e. The molecule has 1 amide bonds. The molecule has 1 saturated carbocycles. The number of hydrogen-bond acceptors (Lipinski definition) is 6. The van der Waals surface area contributed by atoms with Crippen LogP contribution in [0.2, 0.25) is 0 Å². The Morgan fingerprint density at radius 3 is 2.61 bits per heavy atom. The van der Waals surface area contributed by atoms with Crippen LogP contribution in [0.5, 0.6) is 5.75 Å². The number of likely N-dealkylation sites (N-methyl/N-ethyl adjacent to an activating group) is 1. The standard InChI is InChI=1S/C24H33N3O4/c1-18-14-23(29)31-21-15-19(6-7-20(18)21)30-16-22(28)25-17-24(8-4-3-5-9-24)27-12-10-26(2)11-13-27/h6-7,14-15H,3-5,8-13,16-17H2,1-2H3,(H,25,28). The van der Waals surface area contributed by atoms with E-state index in [0.29, 0.717) is 17.9 Å². The van der Waals surface area contributed by atoms with Crippen LogP contribution in [-0.4, -0.2) is 67.6 Å². The van der Waals surface area contributed by atoms with Gasteiger partial charge in [-0.3, -0.25) is 9.69 Å². The Morgan fingerprint density at radius 2 is 1.87 bits per heavy atom. The molecule has 0 bridgehead atoms. The van der Waals surface area contributed by atoms with Crippen LogP contribution < -0.4 is 15.7 Å². The lowest BCUT2D eigenvalue weighted by molar-refractivity contribution is -0.124. The van der Waals surface area contributed by atoms with Gasteiger partial charge in [-0.05, 0) is 44.5 Å².